The monoisotopic (exact) mass is 335 g/mol. The van der Waals surface area contributed by atoms with E-state index in [-0.39, 0.29) is 0 Å². The first-order valence-corrected chi connectivity index (χ1v) is 9.12. The molecule has 4 heteroatoms. The number of nitrogens with zero attached hydrogens (tertiary/aromatic N) is 2. The van der Waals surface area contributed by atoms with Gasteiger partial charge in [0.1, 0.15) is 0 Å². The van der Waals surface area contributed by atoms with Crippen molar-refractivity contribution in [3.63, 3.8) is 0 Å². The van der Waals surface area contributed by atoms with E-state index in [4.69, 9.17) is 0 Å². The Balaban J connectivity index is 1.84. The van der Waals surface area contributed by atoms with E-state index in [1.54, 1.807) is 12.4 Å². The van der Waals surface area contributed by atoms with Gasteiger partial charge in [-0.25, -0.2) is 0 Å². The van der Waals surface area contributed by atoms with E-state index in [0.717, 1.165) is 24.9 Å². The van der Waals surface area contributed by atoms with Crippen molar-refractivity contribution in [3.05, 3.63) is 65.1 Å². The molecule has 1 aromatic carbocycles. The van der Waals surface area contributed by atoms with Gasteiger partial charge in [0.15, 0.2) is 0 Å². The number of hydrogen-bond acceptors (Lipinski definition) is 3. The Morgan fingerprint density at radius 1 is 1.28 bits per heavy atom. The van der Waals surface area contributed by atoms with Gasteiger partial charge >= 0.3 is 0 Å². The molecule has 3 heterocycles. The van der Waals surface area contributed by atoms with Gasteiger partial charge in [0, 0.05) is 35.0 Å². The van der Waals surface area contributed by atoms with Gasteiger partial charge in [-0.15, -0.1) is 0 Å². The lowest BCUT2D eigenvalue weighted by molar-refractivity contribution is 0.155. The topological polar surface area (TPSA) is 50.1 Å². The molecule has 2 atom stereocenters. The number of aliphatic hydroxyl groups is 1. The molecule has 2 aromatic heterocycles. The van der Waals surface area contributed by atoms with Crippen molar-refractivity contribution in [2.24, 2.45) is 0 Å². The van der Waals surface area contributed by atoms with Gasteiger partial charge in [0.25, 0.3) is 0 Å². The summed E-state index contributed by atoms with van der Waals surface area (Å²) in [6.07, 6.45) is 5.03. The van der Waals surface area contributed by atoms with E-state index in [0.29, 0.717) is 12.6 Å². The van der Waals surface area contributed by atoms with Crippen molar-refractivity contribution >= 4 is 10.9 Å². The first-order valence-electron chi connectivity index (χ1n) is 9.12. The second-order valence-corrected chi connectivity index (χ2v) is 6.96. The molecule has 4 rings (SSSR count). The summed E-state index contributed by atoms with van der Waals surface area (Å²) < 4.78 is 2.33. The van der Waals surface area contributed by atoms with Crippen LogP contribution in [0.1, 0.15) is 47.9 Å². The maximum atomic E-state index is 10.8. The minimum atomic E-state index is -0.538. The van der Waals surface area contributed by atoms with Gasteiger partial charge in [-0.2, -0.15) is 0 Å². The van der Waals surface area contributed by atoms with E-state index in [2.05, 4.69) is 46.9 Å². The number of pyridine rings is 1. The average molecular weight is 335 g/mol. The summed E-state index contributed by atoms with van der Waals surface area (Å²) in [5.74, 6) is 0. The Bertz CT molecular complexity index is 885. The molecule has 0 spiro atoms. The number of fused-ring (bicyclic) bond motifs is 3. The third kappa shape index (κ3) is 2.86. The molecule has 0 fully saturated rings. The van der Waals surface area contributed by atoms with Crippen LogP contribution in [0.3, 0.4) is 0 Å². The maximum absolute atomic E-state index is 10.8. The Kier molecular flexibility index (Phi) is 4.32. The van der Waals surface area contributed by atoms with Gasteiger partial charge in [-0.1, -0.05) is 18.6 Å². The molecule has 130 valence electrons. The summed E-state index contributed by atoms with van der Waals surface area (Å²) in [7, 11) is 0. The average Bonchev–Trinajstić information content (AvgIpc) is 2.95. The SMILES string of the molecule is CCC1NCCc2c1n(CC(O)c1ccncc1)c1ccc(C)cc21. The number of rotatable bonds is 4. The summed E-state index contributed by atoms with van der Waals surface area (Å²) in [6.45, 7) is 5.95. The van der Waals surface area contributed by atoms with Crippen LogP contribution in [0.4, 0.5) is 0 Å². The molecule has 0 amide bonds. The molecule has 0 saturated heterocycles. The van der Waals surface area contributed by atoms with E-state index < -0.39 is 6.10 Å². The Morgan fingerprint density at radius 2 is 2.08 bits per heavy atom. The van der Waals surface area contributed by atoms with Crippen molar-refractivity contribution in [1.82, 2.24) is 14.9 Å². The highest BCUT2D eigenvalue weighted by atomic mass is 16.3. The number of nitrogens with one attached hydrogen (secondary N) is 1. The summed E-state index contributed by atoms with van der Waals surface area (Å²) in [5.41, 5.74) is 6.22. The molecule has 1 aliphatic heterocycles. The summed E-state index contributed by atoms with van der Waals surface area (Å²) in [6, 6.07) is 10.8. The number of aromatic nitrogens is 2. The Hall–Kier alpha value is -2.17. The number of benzene rings is 1. The van der Waals surface area contributed by atoms with Crippen LogP contribution in [0.2, 0.25) is 0 Å². The highest BCUT2D eigenvalue weighted by Gasteiger charge is 2.27. The Morgan fingerprint density at radius 3 is 2.84 bits per heavy atom. The molecule has 0 saturated carbocycles. The first kappa shape index (κ1) is 16.3. The predicted molar refractivity (Wildman–Crippen MR) is 101 cm³/mol. The summed E-state index contributed by atoms with van der Waals surface area (Å²) in [5, 5.41) is 15.8. The molecule has 4 nitrogen and oxygen atoms in total. The Labute approximate surface area is 148 Å². The number of hydrogen-bond donors (Lipinski definition) is 2. The lowest BCUT2D eigenvalue weighted by atomic mass is 9.97. The zero-order valence-corrected chi connectivity index (χ0v) is 14.9. The third-order valence-corrected chi connectivity index (χ3v) is 5.32. The largest absolute Gasteiger partial charge is 0.387 e. The first-order chi connectivity index (χ1) is 12.2. The molecule has 2 unspecified atom stereocenters. The van der Waals surface area contributed by atoms with E-state index in [1.807, 2.05) is 12.1 Å². The van der Waals surface area contributed by atoms with E-state index in [1.165, 1.54) is 27.7 Å². The normalized spacial score (nSPS) is 18.3. The van der Waals surface area contributed by atoms with Gasteiger partial charge in [-0.3, -0.25) is 4.98 Å². The minimum absolute atomic E-state index is 0.348. The van der Waals surface area contributed by atoms with Crippen molar-refractivity contribution in [3.8, 4) is 0 Å². The molecular formula is C21H25N3O. The zero-order chi connectivity index (χ0) is 17.4. The standard InChI is InChI=1S/C21H25N3O/c1-3-18-21-16(8-11-23-18)17-12-14(2)4-5-19(17)24(21)13-20(25)15-6-9-22-10-7-15/h4-7,9-10,12,18,20,23,25H,3,8,11,13H2,1-2H3. The van der Waals surface area contributed by atoms with Crippen LogP contribution in [0.5, 0.6) is 0 Å². The van der Waals surface area contributed by atoms with Crippen LogP contribution in [0, 0.1) is 6.92 Å². The van der Waals surface area contributed by atoms with Crippen LogP contribution in [-0.2, 0) is 13.0 Å². The fraction of sp³-hybridized carbons (Fsp3) is 0.381. The fourth-order valence-electron chi connectivity index (χ4n) is 4.09. The van der Waals surface area contributed by atoms with Crippen molar-refractivity contribution < 1.29 is 5.11 Å². The predicted octanol–water partition coefficient (Wildman–Crippen LogP) is 3.68. The van der Waals surface area contributed by atoms with E-state index in [9.17, 15) is 5.11 Å². The highest BCUT2D eigenvalue weighted by Crippen LogP contribution is 2.36. The molecule has 0 bridgehead atoms. The lowest BCUT2D eigenvalue weighted by Crippen LogP contribution is -2.31. The summed E-state index contributed by atoms with van der Waals surface area (Å²) >= 11 is 0. The second kappa shape index (κ2) is 6.62. The molecule has 3 aromatic rings. The van der Waals surface area contributed by atoms with Crippen molar-refractivity contribution in [2.45, 2.75) is 45.4 Å². The number of aryl methyl sites for hydroxylation is 1. The van der Waals surface area contributed by atoms with E-state index >= 15 is 0 Å². The van der Waals surface area contributed by atoms with Crippen LogP contribution in [0.15, 0.2) is 42.7 Å². The van der Waals surface area contributed by atoms with Gasteiger partial charge < -0.3 is 15.0 Å². The van der Waals surface area contributed by atoms with Crippen LogP contribution in [-0.4, -0.2) is 21.2 Å². The quantitative estimate of drug-likeness (QED) is 0.765. The summed E-state index contributed by atoms with van der Waals surface area (Å²) in [4.78, 5) is 4.05. The third-order valence-electron chi connectivity index (χ3n) is 5.32. The molecule has 2 N–H and O–H groups in total. The molecule has 25 heavy (non-hydrogen) atoms. The van der Waals surface area contributed by atoms with Gasteiger partial charge in [0.05, 0.1) is 12.6 Å². The van der Waals surface area contributed by atoms with Crippen LogP contribution >= 0.6 is 0 Å². The molecule has 1 aliphatic rings. The van der Waals surface area contributed by atoms with Gasteiger partial charge in [-0.05, 0) is 61.7 Å². The fourth-order valence-corrected chi connectivity index (χ4v) is 4.09. The molecular weight excluding hydrogens is 310 g/mol. The second-order valence-electron chi connectivity index (χ2n) is 6.96. The lowest BCUT2D eigenvalue weighted by Gasteiger charge is -2.27. The van der Waals surface area contributed by atoms with Crippen molar-refractivity contribution in [1.29, 1.82) is 0 Å². The smallest absolute Gasteiger partial charge is 0.0970 e. The number of aliphatic hydroxyl groups excluding tert-OH is 1. The van der Waals surface area contributed by atoms with Crippen LogP contribution in [0.25, 0.3) is 10.9 Å². The van der Waals surface area contributed by atoms with Gasteiger partial charge in [0.2, 0.25) is 0 Å². The zero-order valence-electron chi connectivity index (χ0n) is 14.9. The minimum Gasteiger partial charge on any atom is -0.387 e. The maximum Gasteiger partial charge on any atom is 0.0970 e. The molecule has 0 radical (unpaired) electrons. The van der Waals surface area contributed by atoms with Crippen LogP contribution < -0.4 is 5.32 Å². The molecule has 0 aliphatic carbocycles. The highest BCUT2D eigenvalue weighted by molar-refractivity contribution is 5.87. The van der Waals surface area contributed by atoms with Crippen molar-refractivity contribution in [2.75, 3.05) is 6.54 Å².